The summed E-state index contributed by atoms with van der Waals surface area (Å²) in [4.78, 5) is 64.8. The molecule has 1 saturated heterocycles. The number of hydrogen-bond acceptors (Lipinski definition) is 9. The Kier molecular flexibility index (Phi) is 15.2. The van der Waals surface area contributed by atoms with Crippen LogP contribution in [0.15, 0.2) is 0 Å². The molecule has 2 atom stereocenters. The standard InChI is InChI=1S/C27H49N5O9S/c1-8-9-16-42(38,39)30-21(25(36)40-7)17-28-22(33)18-29-24(35)19(2)31(6)23(34)11-10-20-12-14-32(15-13-20)26(37)41-27(3,4)5/h19-21,30H,8-18H2,1-7H3,(H,28,33)(H,29,35)/t19-,21-/m0/s1. The van der Waals surface area contributed by atoms with Crippen LogP contribution in [0, 0.1) is 5.92 Å². The Morgan fingerprint density at radius 1 is 1.07 bits per heavy atom. The zero-order valence-corrected chi connectivity index (χ0v) is 26.8. The van der Waals surface area contributed by atoms with E-state index in [-0.39, 0.29) is 36.6 Å². The molecule has 1 rings (SSSR count). The van der Waals surface area contributed by atoms with E-state index in [4.69, 9.17) is 4.74 Å². The highest BCUT2D eigenvalue weighted by atomic mass is 32.2. The van der Waals surface area contributed by atoms with Gasteiger partial charge < -0.3 is 29.9 Å². The second-order valence-electron chi connectivity index (χ2n) is 11.5. The van der Waals surface area contributed by atoms with Gasteiger partial charge in [0.05, 0.1) is 19.4 Å². The Hall–Kier alpha value is -2.94. The molecule has 0 spiro atoms. The molecule has 1 heterocycles. The average Bonchev–Trinajstić information content (AvgIpc) is 2.93. The lowest BCUT2D eigenvalue weighted by atomic mass is 9.92. The summed E-state index contributed by atoms with van der Waals surface area (Å²) in [5.74, 6) is -2.16. The van der Waals surface area contributed by atoms with Gasteiger partial charge in [0, 0.05) is 33.1 Å². The molecule has 0 aromatic rings. The number of rotatable bonds is 15. The molecule has 14 nitrogen and oxygen atoms in total. The van der Waals surface area contributed by atoms with Crippen LogP contribution in [0.25, 0.3) is 0 Å². The second kappa shape index (κ2) is 17.2. The molecule has 0 aromatic heterocycles. The van der Waals surface area contributed by atoms with Crippen LogP contribution in [0.5, 0.6) is 0 Å². The molecule has 1 aliphatic rings. The average molecular weight is 620 g/mol. The molecule has 15 heteroatoms. The molecule has 42 heavy (non-hydrogen) atoms. The third-order valence-electron chi connectivity index (χ3n) is 6.89. The first-order valence-corrected chi connectivity index (χ1v) is 16.0. The van der Waals surface area contributed by atoms with Crippen molar-refractivity contribution in [2.75, 3.05) is 46.1 Å². The van der Waals surface area contributed by atoms with Gasteiger partial charge in [-0.3, -0.25) is 19.2 Å². The van der Waals surface area contributed by atoms with Gasteiger partial charge in [-0.2, -0.15) is 4.72 Å². The van der Waals surface area contributed by atoms with Crippen LogP contribution >= 0.6 is 0 Å². The van der Waals surface area contributed by atoms with Crippen LogP contribution < -0.4 is 15.4 Å². The molecule has 3 N–H and O–H groups in total. The van der Waals surface area contributed by atoms with E-state index >= 15 is 0 Å². The molecule has 0 aliphatic carbocycles. The number of unbranched alkanes of at least 4 members (excludes halogenated alkanes) is 1. The first kappa shape index (κ1) is 37.1. The Morgan fingerprint density at radius 3 is 2.24 bits per heavy atom. The Balaban J connectivity index is 2.46. The molecule has 0 saturated carbocycles. The minimum absolute atomic E-state index is 0.168. The van der Waals surface area contributed by atoms with Crippen molar-refractivity contribution in [1.29, 1.82) is 0 Å². The van der Waals surface area contributed by atoms with Gasteiger partial charge in [-0.1, -0.05) is 13.3 Å². The summed E-state index contributed by atoms with van der Waals surface area (Å²) >= 11 is 0. The predicted octanol–water partition coefficient (Wildman–Crippen LogP) is 0.754. The number of nitrogens with zero attached hydrogens (tertiary/aromatic N) is 2. The van der Waals surface area contributed by atoms with Gasteiger partial charge in [0.2, 0.25) is 27.7 Å². The number of esters is 1. The van der Waals surface area contributed by atoms with Gasteiger partial charge >= 0.3 is 12.1 Å². The molecule has 0 aromatic carbocycles. The largest absolute Gasteiger partial charge is 0.468 e. The van der Waals surface area contributed by atoms with Crippen LogP contribution in [-0.2, 0) is 38.7 Å². The number of nitrogens with one attached hydrogen (secondary N) is 3. The van der Waals surface area contributed by atoms with Crippen LogP contribution in [0.2, 0.25) is 0 Å². The van der Waals surface area contributed by atoms with Gasteiger partial charge in [-0.05, 0) is 59.3 Å². The summed E-state index contributed by atoms with van der Waals surface area (Å²) in [6.45, 7) is 9.17. The first-order chi connectivity index (χ1) is 19.5. The third kappa shape index (κ3) is 13.8. The lowest BCUT2D eigenvalue weighted by Crippen LogP contribution is -2.52. The van der Waals surface area contributed by atoms with E-state index in [1.807, 2.05) is 27.7 Å². The fraction of sp³-hybridized carbons (Fsp3) is 0.815. The molecule has 0 unspecified atom stereocenters. The van der Waals surface area contributed by atoms with E-state index in [2.05, 4.69) is 20.1 Å². The topological polar surface area (TPSA) is 181 Å². The number of methoxy groups -OCH3 is 1. The summed E-state index contributed by atoms with van der Waals surface area (Å²) in [6, 6.07) is -2.16. The van der Waals surface area contributed by atoms with Crippen molar-refractivity contribution < 1.29 is 41.9 Å². The Morgan fingerprint density at radius 2 is 1.69 bits per heavy atom. The molecule has 4 amide bonds. The first-order valence-electron chi connectivity index (χ1n) is 14.4. The smallest absolute Gasteiger partial charge is 0.410 e. The van der Waals surface area contributed by atoms with Gasteiger partial charge in [-0.25, -0.2) is 13.2 Å². The van der Waals surface area contributed by atoms with Crippen molar-refractivity contribution in [2.24, 2.45) is 5.92 Å². The SMILES string of the molecule is CCCCS(=O)(=O)N[C@@H](CNC(=O)CNC(=O)[C@H](C)N(C)C(=O)CCC1CCN(C(=O)OC(C)(C)C)CC1)C(=O)OC. The lowest BCUT2D eigenvalue weighted by molar-refractivity contribution is -0.142. The van der Waals surface area contributed by atoms with Crippen molar-refractivity contribution >= 4 is 39.8 Å². The molecule has 1 fully saturated rings. The zero-order chi connectivity index (χ0) is 32.1. The van der Waals surface area contributed by atoms with Crippen LogP contribution in [0.4, 0.5) is 4.79 Å². The van der Waals surface area contributed by atoms with E-state index in [0.717, 1.165) is 20.0 Å². The monoisotopic (exact) mass is 619 g/mol. The maximum Gasteiger partial charge on any atom is 0.410 e. The number of likely N-dealkylation sites (N-methyl/N-ethyl adjacent to an activating group) is 1. The number of amides is 4. The van der Waals surface area contributed by atoms with Crippen molar-refractivity contribution in [1.82, 2.24) is 25.2 Å². The molecule has 0 bridgehead atoms. The normalized spacial score (nSPS) is 15.7. The number of sulfonamides is 1. The van der Waals surface area contributed by atoms with Gasteiger partial charge in [0.25, 0.3) is 0 Å². The Labute approximate surface area is 249 Å². The van der Waals surface area contributed by atoms with E-state index in [9.17, 15) is 32.4 Å². The number of piperidine rings is 1. The number of likely N-dealkylation sites (tertiary alicyclic amines) is 1. The van der Waals surface area contributed by atoms with Gasteiger partial charge in [-0.15, -0.1) is 0 Å². The van der Waals surface area contributed by atoms with E-state index in [1.54, 1.807) is 11.8 Å². The predicted molar refractivity (Wildman–Crippen MR) is 156 cm³/mol. The van der Waals surface area contributed by atoms with E-state index in [0.29, 0.717) is 32.4 Å². The summed E-state index contributed by atoms with van der Waals surface area (Å²) in [7, 11) is -1.13. The number of carbonyl (C=O) groups excluding carboxylic acids is 5. The summed E-state index contributed by atoms with van der Waals surface area (Å²) in [5, 5.41) is 4.86. The highest BCUT2D eigenvalue weighted by Crippen LogP contribution is 2.24. The van der Waals surface area contributed by atoms with Crippen LogP contribution in [0.3, 0.4) is 0 Å². The molecule has 1 aliphatic heterocycles. The second-order valence-corrected chi connectivity index (χ2v) is 13.4. The molecular weight excluding hydrogens is 570 g/mol. The van der Waals surface area contributed by atoms with Crippen LogP contribution in [0.1, 0.15) is 73.1 Å². The number of ether oxygens (including phenoxy) is 2. The fourth-order valence-corrected chi connectivity index (χ4v) is 5.55. The highest BCUT2D eigenvalue weighted by molar-refractivity contribution is 7.89. The van der Waals surface area contributed by atoms with E-state index < -0.39 is 52.0 Å². The minimum atomic E-state index is -3.75. The maximum absolute atomic E-state index is 12.7. The van der Waals surface area contributed by atoms with Crippen molar-refractivity contribution in [3.05, 3.63) is 0 Å². The quantitative estimate of drug-likeness (QED) is 0.223. The number of hydrogen-bond donors (Lipinski definition) is 3. The highest BCUT2D eigenvalue weighted by Gasteiger charge is 2.29. The van der Waals surface area contributed by atoms with Crippen molar-refractivity contribution in [3.8, 4) is 0 Å². The van der Waals surface area contributed by atoms with Crippen molar-refractivity contribution in [2.45, 2.75) is 90.8 Å². The Bertz CT molecular complexity index is 1040. The van der Waals surface area contributed by atoms with Crippen LogP contribution in [-0.4, -0.2) is 112 Å². The van der Waals surface area contributed by atoms with E-state index in [1.165, 1.54) is 11.9 Å². The van der Waals surface area contributed by atoms with Gasteiger partial charge in [0.15, 0.2) is 0 Å². The molecular formula is C27H49N5O9S. The van der Waals surface area contributed by atoms with Crippen molar-refractivity contribution in [3.63, 3.8) is 0 Å². The number of carbonyl (C=O) groups is 5. The summed E-state index contributed by atoms with van der Waals surface area (Å²) in [5.41, 5.74) is -0.554. The summed E-state index contributed by atoms with van der Waals surface area (Å²) < 4.78 is 36.6. The molecule has 242 valence electrons. The lowest BCUT2D eigenvalue weighted by Gasteiger charge is -2.33. The van der Waals surface area contributed by atoms with Gasteiger partial charge in [0.1, 0.15) is 17.7 Å². The molecule has 0 radical (unpaired) electrons. The fourth-order valence-electron chi connectivity index (χ4n) is 4.15. The maximum atomic E-state index is 12.7. The minimum Gasteiger partial charge on any atom is -0.468 e. The third-order valence-corrected chi connectivity index (χ3v) is 8.36. The summed E-state index contributed by atoms with van der Waals surface area (Å²) in [6.07, 6.45) is 3.12. The zero-order valence-electron chi connectivity index (χ0n) is 26.0.